The average Bonchev–Trinajstić information content (AvgIpc) is 2.50. The lowest BCUT2D eigenvalue weighted by atomic mass is 10.1. The summed E-state index contributed by atoms with van der Waals surface area (Å²) in [6.07, 6.45) is 0. The van der Waals surface area contributed by atoms with Crippen LogP contribution in [0.3, 0.4) is 0 Å². The Morgan fingerprint density at radius 2 is 1.82 bits per heavy atom. The number of hydrogen-bond acceptors (Lipinski definition) is 2. The van der Waals surface area contributed by atoms with Gasteiger partial charge in [-0.25, -0.2) is 0 Å². The van der Waals surface area contributed by atoms with Crippen LogP contribution in [-0.4, -0.2) is 24.4 Å². The summed E-state index contributed by atoms with van der Waals surface area (Å²) in [4.78, 5) is 14.3. The maximum Gasteiger partial charge on any atom is 0.238 e. The summed E-state index contributed by atoms with van der Waals surface area (Å²) in [5.74, 6) is 0.0113. The number of rotatable bonds is 5. The Morgan fingerprint density at radius 3 is 2.45 bits per heavy atom. The summed E-state index contributed by atoms with van der Waals surface area (Å²) in [5, 5.41) is 2.99. The number of nitrogens with one attached hydrogen (secondary N) is 1. The van der Waals surface area contributed by atoms with E-state index < -0.39 is 0 Å². The lowest BCUT2D eigenvalue weighted by Crippen LogP contribution is -2.32. The summed E-state index contributed by atoms with van der Waals surface area (Å²) < 4.78 is 0. The van der Waals surface area contributed by atoms with Crippen LogP contribution >= 0.6 is 0 Å². The highest BCUT2D eigenvalue weighted by atomic mass is 16.2. The molecule has 1 unspecified atom stereocenters. The molecular formula is C19H24N2O. The highest BCUT2D eigenvalue weighted by molar-refractivity contribution is 5.93. The molecule has 3 heteroatoms. The summed E-state index contributed by atoms with van der Waals surface area (Å²) in [7, 11) is 1.97. The monoisotopic (exact) mass is 296 g/mol. The first kappa shape index (κ1) is 16.2. The second kappa shape index (κ2) is 7.23. The summed E-state index contributed by atoms with van der Waals surface area (Å²) in [6.45, 7) is 6.54. The molecule has 1 atom stereocenters. The van der Waals surface area contributed by atoms with Gasteiger partial charge in [0.15, 0.2) is 0 Å². The number of hydrogen-bond donors (Lipinski definition) is 1. The molecule has 22 heavy (non-hydrogen) atoms. The number of carbonyl (C=O) groups excluding carboxylic acids is 1. The first-order chi connectivity index (χ1) is 10.5. The third-order valence-electron chi connectivity index (χ3n) is 3.99. The van der Waals surface area contributed by atoms with E-state index in [1.807, 2.05) is 56.1 Å². The summed E-state index contributed by atoms with van der Waals surface area (Å²) in [5.41, 5.74) is 4.39. The minimum absolute atomic E-state index is 0.0113. The van der Waals surface area contributed by atoms with E-state index in [2.05, 4.69) is 30.4 Å². The van der Waals surface area contributed by atoms with Gasteiger partial charge in [-0.3, -0.25) is 9.69 Å². The standard InChI is InChI=1S/C19H24N2O/c1-14-10-11-18(15(2)12-14)20-19(22)13-21(4)16(3)17-8-6-5-7-9-17/h5-12,16H,13H2,1-4H3,(H,20,22). The van der Waals surface area contributed by atoms with Crippen molar-refractivity contribution in [3.63, 3.8) is 0 Å². The molecule has 0 fully saturated rings. The maximum absolute atomic E-state index is 12.2. The van der Waals surface area contributed by atoms with Gasteiger partial charge in [0.05, 0.1) is 6.54 Å². The van der Waals surface area contributed by atoms with Crippen LogP contribution < -0.4 is 5.32 Å². The average molecular weight is 296 g/mol. The van der Waals surface area contributed by atoms with Crippen LogP contribution in [0.5, 0.6) is 0 Å². The van der Waals surface area contributed by atoms with Crippen LogP contribution in [-0.2, 0) is 4.79 Å². The van der Waals surface area contributed by atoms with Crippen molar-refractivity contribution < 1.29 is 4.79 Å². The predicted octanol–water partition coefficient (Wildman–Crippen LogP) is 3.93. The Hall–Kier alpha value is -2.13. The second-order valence-electron chi connectivity index (χ2n) is 5.87. The first-order valence-corrected chi connectivity index (χ1v) is 7.59. The quantitative estimate of drug-likeness (QED) is 0.906. The van der Waals surface area contributed by atoms with Crippen molar-refractivity contribution in [2.75, 3.05) is 18.9 Å². The van der Waals surface area contributed by atoms with Gasteiger partial charge in [-0.15, -0.1) is 0 Å². The Morgan fingerprint density at radius 1 is 1.14 bits per heavy atom. The van der Waals surface area contributed by atoms with Crippen molar-refractivity contribution in [1.29, 1.82) is 0 Å². The van der Waals surface area contributed by atoms with Crippen molar-refractivity contribution in [2.45, 2.75) is 26.8 Å². The second-order valence-corrected chi connectivity index (χ2v) is 5.87. The molecule has 0 heterocycles. The van der Waals surface area contributed by atoms with E-state index >= 15 is 0 Å². The van der Waals surface area contributed by atoms with E-state index in [1.165, 1.54) is 11.1 Å². The number of anilines is 1. The number of carbonyl (C=O) groups is 1. The highest BCUT2D eigenvalue weighted by Crippen LogP contribution is 2.19. The zero-order valence-electron chi connectivity index (χ0n) is 13.8. The van der Waals surface area contributed by atoms with E-state index in [4.69, 9.17) is 0 Å². The minimum atomic E-state index is 0.0113. The molecule has 0 aliphatic rings. The molecule has 1 N–H and O–H groups in total. The molecule has 0 bridgehead atoms. The van der Waals surface area contributed by atoms with Gasteiger partial charge in [-0.2, -0.15) is 0 Å². The lowest BCUT2D eigenvalue weighted by molar-refractivity contribution is -0.117. The van der Waals surface area contributed by atoms with Crippen molar-refractivity contribution in [2.24, 2.45) is 0 Å². The van der Waals surface area contributed by atoms with Crippen LogP contribution in [0.4, 0.5) is 5.69 Å². The van der Waals surface area contributed by atoms with Crippen LogP contribution in [0.15, 0.2) is 48.5 Å². The number of nitrogens with zero attached hydrogens (tertiary/aromatic N) is 1. The maximum atomic E-state index is 12.2. The van der Waals surface area contributed by atoms with E-state index in [9.17, 15) is 4.79 Å². The summed E-state index contributed by atoms with van der Waals surface area (Å²) >= 11 is 0. The molecule has 116 valence electrons. The van der Waals surface area contributed by atoms with Gasteiger partial charge in [-0.05, 0) is 45.0 Å². The molecule has 3 nitrogen and oxygen atoms in total. The number of amides is 1. The topological polar surface area (TPSA) is 32.3 Å². The van der Waals surface area contributed by atoms with E-state index in [-0.39, 0.29) is 11.9 Å². The van der Waals surface area contributed by atoms with Crippen molar-refractivity contribution in [3.8, 4) is 0 Å². The molecule has 2 aromatic carbocycles. The molecule has 0 radical (unpaired) electrons. The number of aryl methyl sites for hydroxylation is 2. The van der Waals surface area contributed by atoms with Crippen LogP contribution in [0.25, 0.3) is 0 Å². The molecule has 0 aliphatic heterocycles. The Bertz CT molecular complexity index is 637. The molecule has 2 rings (SSSR count). The fraction of sp³-hybridized carbons (Fsp3) is 0.316. The smallest absolute Gasteiger partial charge is 0.238 e. The van der Waals surface area contributed by atoms with Crippen LogP contribution in [0.2, 0.25) is 0 Å². The van der Waals surface area contributed by atoms with Gasteiger partial charge in [0, 0.05) is 11.7 Å². The molecule has 2 aromatic rings. The molecule has 0 saturated heterocycles. The van der Waals surface area contributed by atoms with Gasteiger partial charge in [0.25, 0.3) is 0 Å². The minimum Gasteiger partial charge on any atom is -0.325 e. The predicted molar refractivity (Wildman–Crippen MR) is 92.0 cm³/mol. The number of benzene rings is 2. The molecule has 0 aliphatic carbocycles. The molecule has 0 spiro atoms. The van der Waals surface area contributed by atoms with Crippen molar-refractivity contribution in [1.82, 2.24) is 4.90 Å². The Labute approximate surface area is 133 Å². The third-order valence-corrected chi connectivity index (χ3v) is 3.99. The summed E-state index contributed by atoms with van der Waals surface area (Å²) in [6, 6.07) is 16.5. The zero-order valence-corrected chi connectivity index (χ0v) is 13.8. The molecular weight excluding hydrogens is 272 g/mol. The molecule has 0 aromatic heterocycles. The molecule has 1 amide bonds. The van der Waals surface area contributed by atoms with E-state index in [0.717, 1.165) is 11.3 Å². The highest BCUT2D eigenvalue weighted by Gasteiger charge is 2.15. The Balaban J connectivity index is 1.96. The third kappa shape index (κ3) is 4.18. The van der Waals surface area contributed by atoms with Gasteiger partial charge < -0.3 is 5.32 Å². The van der Waals surface area contributed by atoms with Gasteiger partial charge >= 0.3 is 0 Å². The van der Waals surface area contributed by atoms with Crippen LogP contribution in [0, 0.1) is 13.8 Å². The fourth-order valence-corrected chi connectivity index (χ4v) is 2.49. The fourth-order valence-electron chi connectivity index (χ4n) is 2.49. The SMILES string of the molecule is Cc1ccc(NC(=O)CN(C)C(C)c2ccccc2)c(C)c1. The van der Waals surface area contributed by atoms with Crippen molar-refractivity contribution in [3.05, 3.63) is 65.2 Å². The van der Waals surface area contributed by atoms with Crippen LogP contribution in [0.1, 0.15) is 29.7 Å². The first-order valence-electron chi connectivity index (χ1n) is 7.59. The largest absolute Gasteiger partial charge is 0.325 e. The van der Waals surface area contributed by atoms with Crippen molar-refractivity contribution >= 4 is 11.6 Å². The lowest BCUT2D eigenvalue weighted by Gasteiger charge is -2.24. The zero-order chi connectivity index (χ0) is 16.1. The van der Waals surface area contributed by atoms with Gasteiger partial charge in [-0.1, -0.05) is 48.0 Å². The number of likely N-dealkylation sites (N-methyl/N-ethyl adjacent to an activating group) is 1. The van der Waals surface area contributed by atoms with Gasteiger partial charge in [0.1, 0.15) is 0 Å². The van der Waals surface area contributed by atoms with E-state index in [0.29, 0.717) is 6.54 Å². The van der Waals surface area contributed by atoms with E-state index in [1.54, 1.807) is 0 Å². The normalized spacial score (nSPS) is 12.2. The Kier molecular flexibility index (Phi) is 5.34. The molecule has 0 saturated carbocycles. The van der Waals surface area contributed by atoms with Gasteiger partial charge in [0.2, 0.25) is 5.91 Å².